The van der Waals surface area contributed by atoms with E-state index in [0.29, 0.717) is 5.56 Å². The second kappa shape index (κ2) is 3.31. The highest BCUT2D eigenvalue weighted by molar-refractivity contribution is 5.29. The zero-order valence-corrected chi connectivity index (χ0v) is 8.60. The average Bonchev–Trinajstić information content (AvgIpc) is 2.16. The number of halogens is 1. The van der Waals surface area contributed by atoms with E-state index >= 15 is 0 Å². The van der Waals surface area contributed by atoms with Crippen molar-refractivity contribution < 1.29 is 4.39 Å². The van der Waals surface area contributed by atoms with Crippen LogP contribution >= 0.6 is 0 Å². The highest BCUT2D eigenvalue weighted by Crippen LogP contribution is 2.26. The van der Waals surface area contributed by atoms with E-state index in [9.17, 15) is 4.39 Å². The monoisotopic (exact) mass is 194 g/mol. The van der Waals surface area contributed by atoms with Crippen LogP contribution in [0.4, 0.5) is 4.39 Å². The molecule has 1 aliphatic heterocycles. The maximum absolute atomic E-state index is 13.6. The molecule has 0 saturated heterocycles. The number of nitrogens with one attached hydrogen (secondary N) is 1. The summed E-state index contributed by atoms with van der Waals surface area (Å²) in [4.78, 5) is 4.31. The lowest BCUT2D eigenvalue weighted by molar-refractivity contribution is 0.220. The van der Waals surface area contributed by atoms with E-state index in [1.54, 1.807) is 20.0 Å². The molecule has 2 rings (SSSR count). The molecule has 2 nitrogen and oxygen atoms in total. The topological polar surface area (TPSA) is 24.9 Å². The fraction of sp³-hybridized carbons (Fsp3) is 0.545. The average molecular weight is 194 g/mol. The highest BCUT2D eigenvalue weighted by atomic mass is 19.1. The van der Waals surface area contributed by atoms with Crippen LogP contribution in [0.15, 0.2) is 12.3 Å². The molecule has 0 aliphatic carbocycles. The maximum atomic E-state index is 13.6. The van der Waals surface area contributed by atoms with Crippen LogP contribution in [0.1, 0.15) is 30.7 Å². The lowest BCUT2D eigenvalue weighted by atomic mass is 9.97. The van der Waals surface area contributed by atoms with E-state index in [2.05, 4.69) is 10.3 Å². The van der Waals surface area contributed by atoms with Crippen molar-refractivity contribution in [3.05, 3.63) is 29.1 Å². The smallest absolute Gasteiger partial charge is 0.131 e. The van der Waals surface area contributed by atoms with Crippen molar-refractivity contribution in [2.24, 2.45) is 0 Å². The maximum Gasteiger partial charge on any atom is 0.131 e. The Balaban J connectivity index is 2.39. The van der Waals surface area contributed by atoms with Gasteiger partial charge in [-0.15, -0.1) is 0 Å². The summed E-state index contributed by atoms with van der Waals surface area (Å²) in [7, 11) is 0. The van der Waals surface area contributed by atoms with E-state index in [1.165, 1.54) is 0 Å². The number of hydrogen-bond donors (Lipinski definition) is 1. The summed E-state index contributed by atoms with van der Waals surface area (Å²) in [5, 5.41) is 3.26. The van der Waals surface area contributed by atoms with Crippen molar-refractivity contribution in [3.8, 4) is 0 Å². The SMILES string of the molecule is CC(C)(F)c1cnc2c(c1)CNCC2. The van der Waals surface area contributed by atoms with Gasteiger partial charge in [0.05, 0.1) is 0 Å². The van der Waals surface area contributed by atoms with Crippen LogP contribution in [-0.2, 0) is 18.6 Å². The minimum atomic E-state index is -1.29. The van der Waals surface area contributed by atoms with Gasteiger partial charge in [0.1, 0.15) is 5.67 Å². The summed E-state index contributed by atoms with van der Waals surface area (Å²) >= 11 is 0. The lowest BCUT2D eigenvalue weighted by Gasteiger charge is -2.20. The van der Waals surface area contributed by atoms with E-state index in [-0.39, 0.29) is 0 Å². The van der Waals surface area contributed by atoms with Gasteiger partial charge in [0.2, 0.25) is 0 Å². The standard InChI is InChI=1S/C11H15FN2/c1-11(2,12)9-5-8-6-13-4-3-10(8)14-7-9/h5,7,13H,3-4,6H2,1-2H3. The van der Waals surface area contributed by atoms with Crippen molar-refractivity contribution >= 4 is 0 Å². The Kier molecular flexibility index (Phi) is 2.27. The van der Waals surface area contributed by atoms with Crippen molar-refractivity contribution in [3.63, 3.8) is 0 Å². The zero-order valence-electron chi connectivity index (χ0n) is 8.60. The fourth-order valence-corrected chi connectivity index (χ4v) is 1.67. The largest absolute Gasteiger partial charge is 0.312 e. The molecule has 0 radical (unpaired) electrons. The van der Waals surface area contributed by atoms with Gasteiger partial charge in [0, 0.05) is 37.0 Å². The first-order valence-electron chi connectivity index (χ1n) is 4.95. The molecule has 1 N–H and O–H groups in total. The van der Waals surface area contributed by atoms with Gasteiger partial charge in [0.25, 0.3) is 0 Å². The number of hydrogen-bond acceptors (Lipinski definition) is 2. The van der Waals surface area contributed by atoms with Gasteiger partial charge in [-0.3, -0.25) is 4.98 Å². The molecule has 3 heteroatoms. The predicted octanol–water partition coefficient (Wildman–Crippen LogP) is 1.93. The number of alkyl halides is 1. The first-order valence-corrected chi connectivity index (χ1v) is 4.95. The molecule has 0 bridgehead atoms. The summed E-state index contributed by atoms with van der Waals surface area (Å²) in [6, 6.07) is 1.93. The molecular weight excluding hydrogens is 179 g/mol. The van der Waals surface area contributed by atoms with E-state index in [1.807, 2.05) is 6.07 Å². The first kappa shape index (κ1) is 9.59. The van der Waals surface area contributed by atoms with Gasteiger partial charge in [-0.2, -0.15) is 0 Å². The van der Waals surface area contributed by atoms with Crippen molar-refractivity contribution in [2.75, 3.05) is 6.54 Å². The molecule has 0 amide bonds. The molecule has 1 aromatic rings. The Morgan fingerprint density at radius 3 is 3.00 bits per heavy atom. The number of pyridine rings is 1. The van der Waals surface area contributed by atoms with Crippen molar-refractivity contribution in [2.45, 2.75) is 32.5 Å². The molecule has 0 aromatic carbocycles. The predicted molar refractivity (Wildman–Crippen MR) is 53.8 cm³/mol. The van der Waals surface area contributed by atoms with Crippen LogP contribution in [0.25, 0.3) is 0 Å². The molecule has 1 aromatic heterocycles. The molecule has 0 unspecified atom stereocenters. The van der Waals surface area contributed by atoms with Crippen LogP contribution in [0.2, 0.25) is 0 Å². The Morgan fingerprint density at radius 2 is 2.29 bits per heavy atom. The van der Waals surface area contributed by atoms with Crippen molar-refractivity contribution in [1.29, 1.82) is 0 Å². The number of aromatic nitrogens is 1. The van der Waals surface area contributed by atoms with Gasteiger partial charge in [-0.05, 0) is 25.5 Å². The van der Waals surface area contributed by atoms with Crippen LogP contribution < -0.4 is 5.32 Å². The van der Waals surface area contributed by atoms with Gasteiger partial charge in [-0.1, -0.05) is 0 Å². The highest BCUT2D eigenvalue weighted by Gasteiger charge is 2.21. The molecule has 14 heavy (non-hydrogen) atoms. The normalized spacial score (nSPS) is 16.5. The molecule has 1 aliphatic rings. The Morgan fingerprint density at radius 1 is 1.50 bits per heavy atom. The minimum absolute atomic E-state index is 0.667. The Labute approximate surface area is 83.6 Å². The third-order valence-electron chi connectivity index (χ3n) is 2.60. The molecule has 2 heterocycles. The molecule has 76 valence electrons. The molecule has 0 spiro atoms. The van der Waals surface area contributed by atoms with Crippen LogP contribution in [-0.4, -0.2) is 11.5 Å². The molecule has 0 saturated carbocycles. The van der Waals surface area contributed by atoms with Crippen LogP contribution in [0.3, 0.4) is 0 Å². The number of fused-ring (bicyclic) bond motifs is 1. The number of rotatable bonds is 1. The summed E-state index contributed by atoms with van der Waals surface area (Å²) < 4.78 is 13.6. The third kappa shape index (κ3) is 1.77. The molecule has 0 fully saturated rings. The third-order valence-corrected chi connectivity index (χ3v) is 2.60. The molecular formula is C11H15FN2. The van der Waals surface area contributed by atoms with Gasteiger partial charge >= 0.3 is 0 Å². The Hall–Kier alpha value is -0.960. The van der Waals surface area contributed by atoms with E-state index < -0.39 is 5.67 Å². The van der Waals surface area contributed by atoms with E-state index in [4.69, 9.17) is 0 Å². The van der Waals surface area contributed by atoms with E-state index in [0.717, 1.165) is 30.8 Å². The van der Waals surface area contributed by atoms with Crippen LogP contribution in [0, 0.1) is 0 Å². The second-order valence-corrected chi connectivity index (χ2v) is 4.23. The van der Waals surface area contributed by atoms with Gasteiger partial charge in [0.15, 0.2) is 0 Å². The summed E-state index contributed by atoms with van der Waals surface area (Å²) in [5.41, 5.74) is 1.62. The summed E-state index contributed by atoms with van der Waals surface area (Å²) in [6.07, 6.45) is 2.60. The summed E-state index contributed by atoms with van der Waals surface area (Å²) in [5.74, 6) is 0. The summed E-state index contributed by atoms with van der Waals surface area (Å²) in [6.45, 7) is 4.91. The van der Waals surface area contributed by atoms with Crippen LogP contribution in [0.5, 0.6) is 0 Å². The minimum Gasteiger partial charge on any atom is -0.312 e. The number of nitrogens with zero attached hydrogens (tertiary/aromatic N) is 1. The fourth-order valence-electron chi connectivity index (χ4n) is 1.67. The van der Waals surface area contributed by atoms with Gasteiger partial charge < -0.3 is 5.32 Å². The lowest BCUT2D eigenvalue weighted by Crippen LogP contribution is -2.25. The van der Waals surface area contributed by atoms with Gasteiger partial charge in [-0.25, -0.2) is 4.39 Å². The second-order valence-electron chi connectivity index (χ2n) is 4.23. The Bertz CT molecular complexity index is 342. The van der Waals surface area contributed by atoms with Crippen molar-refractivity contribution in [1.82, 2.24) is 10.3 Å². The quantitative estimate of drug-likeness (QED) is 0.739. The molecule has 0 atom stereocenters. The first-order chi connectivity index (χ1) is 6.57. The zero-order chi connectivity index (χ0) is 10.2.